The maximum atomic E-state index is 12.2. The molecule has 0 fully saturated rings. The molecule has 3 rings (SSSR count). The predicted molar refractivity (Wildman–Crippen MR) is 91.1 cm³/mol. The van der Waals surface area contributed by atoms with Gasteiger partial charge in [0.25, 0.3) is 0 Å². The summed E-state index contributed by atoms with van der Waals surface area (Å²) in [6, 6.07) is 16.3. The molecule has 1 aromatic heterocycles. The van der Waals surface area contributed by atoms with Gasteiger partial charge in [-0.2, -0.15) is 0 Å². The van der Waals surface area contributed by atoms with Crippen LogP contribution < -0.4 is 5.32 Å². The summed E-state index contributed by atoms with van der Waals surface area (Å²) >= 11 is 0. The summed E-state index contributed by atoms with van der Waals surface area (Å²) in [4.78, 5) is 12.2. The second-order valence-corrected chi connectivity index (χ2v) is 5.61. The van der Waals surface area contributed by atoms with E-state index < -0.39 is 0 Å². The zero-order valence-electron chi connectivity index (χ0n) is 13.0. The number of hydrogen-bond acceptors (Lipinski definition) is 1. The number of fused-ring (bicyclic) bond motifs is 1. The Labute approximate surface area is 130 Å². The summed E-state index contributed by atoms with van der Waals surface area (Å²) in [6.07, 6.45) is 2.50. The number of carbonyl (C=O) groups is 1. The van der Waals surface area contributed by atoms with Gasteiger partial charge in [-0.3, -0.25) is 4.79 Å². The molecule has 0 aliphatic carbocycles. The molecule has 0 bridgehead atoms. The molecule has 3 nitrogen and oxygen atoms in total. The molecule has 0 unspecified atom stereocenters. The van der Waals surface area contributed by atoms with E-state index in [1.165, 1.54) is 16.5 Å². The number of carbonyl (C=O) groups excluding carboxylic acids is 1. The summed E-state index contributed by atoms with van der Waals surface area (Å²) < 4.78 is 2.12. The quantitative estimate of drug-likeness (QED) is 0.765. The molecule has 0 saturated heterocycles. The van der Waals surface area contributed by atoms with Crippen LogP contribution in [0, 0.1) is 13.8 Å². The Morgan fingerprint density at radius 2 is 1.86 bits per heavy atom. The Kier molecular flexibility index (Phi) is 3.96. The van der Waals surface area contributed by atoms with Crippen molar-refractivity contribution >= 4 is 22.5 Å². The van der Waals surface area contributed by atoms with E-state index in [2.05, 4.69) is 41.1 Å². The summed E-state index contributed by atoms with van der Waals surface area (Å²) in [7, 11) is 0. The Bertz CT molecular complexity index is 817. The van der Waals surface area contributed by atoms with Crippen molar-refractivity contribution in [1.82, 2.24) is 4.57 Å². The molecule has 112 valence electrons. The van der Waals surface area contributed by atoms with E-state index in [0.717, 1.165) is 11.3 Å². The predicted octanol–water partition coefficient (Wildman–Crippen LogP) is 4.29. The second kappa shape index (κ2) is 6.06. The number of para-hydroxylation sites is 1. The van der Waals surface area contributed by atoms with Crippen LogP contribution in [0.1, 0.15) is 17.5 Å². The largest absolute Gasteiger partial charge is 0.347 e. The fourth-order valence-electron chi connectivity index (χ4n) is 2.66. The molecule has 3 aromatic rings. The fraction of sp³-hybridized carbons (Fsp3) is 0.211. The maximum absolute atomic E-state index is 12.2. The average Bonchev–Trinajstić information content (AvgIpc) is 2.93. The van der Waals surface area contributed by atoms with Gasteiger partial charge in [-0.05, 0) is 48.6 Å². The third kappa shape index (κ3) is 2.89. The first-order chi connectivity index (χ1) is 10.6. The van der Waals surface area contributed by atoms with Gasteiger partial charge in [-0.15, -0.1) is 0 Å². The van der Waals surface area contributed by atoms with E-state index in [0.29, 0.717) is 13.0 Å². The first-order valence-electron chi connectivity index (χ1n) is 7.55. The smallest absolute Gasteiger partial charge is 0.226 e. The molecule has 0 aliphatic heterocycles. The first kappa shape index (κ1) is 14.4. The fourth-order valence-corrected chi connectivity index (χ4v) is 2.66. The van der Waals surface area contributed by atoms with Crippen LogP contribution >= 0.6 is 0 Å². The van der Waals surface area contributed by atoms with E-state index in [-0.39, 0.29) is 5.91 Å². The number of benzene rings is 2. The van der Waals surface area contributed by atoms with Crippen LogP contribution in [0.3, 0.4) is 0 Å². The normalized spacial score (nSPS) is 10.8. The molecule has 1 amide bonds. The van der Waals surface area contributed by atoms with Crippen molar-refractivity contribution in [1.29, 1.82) is 0 Å². The van der Waals surface area contributed by atoms with Crippen molar-refractivity contribution in [3.8, 4) is 0 Å². The lowest BCUT2D eigenvalue weighted by atomic mass is 10.1. The van der Waals surface area contributed by atoms with E-state index in [1.807, 2.05) is 37.4 Å². The lowest BCUT2D eigenvalue weighted by Gasteiger charge is -2.11. The summed E-state index contributed by atoms with van der Waals surface area (Å²) in [5.41, 5.74) is 4.39. The molecular weight excluding hydrogens is 272 g/mol. The molecule has 0 aliphatic rings. The first-order valence-corrected chi connectivity index (χ1v) is 7.55. The number of rotatable bonds is 4. The number of aryl methyl sites for hydroxylation is 2. The van der Waals surface area contributed by atoms with Gasteiger partial charge in [0.1, 0.15) is 0 Å². The van der Waals surface area contributed by atoms with Crippen LogP contribution in [0.5, 0.6) is 0 Å². The standard InChI is InChI=1S/C19H20N2O/c1-14-6-5-8-17(15(14)2)20-19(22)11-13-21-12-10-16-7-3-4-9-18(16)21/h3-10,12H,11,13H2,1-2H3,(H,20,22). The Balaban J connectivity index is 1.66. The highest BCUT2D eigenvalue weighted by Crippen LogP contribution is 2.19. The highest BCUT2D eigenvalue weighted by molar-refractivity contribution is 5.91. The number of anilines is 1. The summed E-state index contributed by atoms with van der Waals surface area (Å²) in [5, 5.41) is 4.22. The number of nitrogens with zero attached hydrogens (tertiary/aromatic N) is 1. The van der Waals surface area contributed by atoms with Crippen LogP contribution in [-0.4, -0.2) is 10.5 Å². The van der Waals surface area contributed by atoms with Crippen molar-refractivity contribution in [3.63, 3.8) is 0 Å². The Hall–Kier alpha value is -2.55. The van der Waals surface area contributed by atoms with Gasteiger partial charge in [0.15, 0.2) is 0 Å². The lowest BCUT2D eigenvalue weighted by Crippen LogP contribution is -2.15. The molecule has 0 atom stereocenters. The minimum absolute atomic E-state index is 0.0477. The molecule has 0 radical (unpaired) electrons. The number of hydrogen-bond donors (Lipinski definition) is 1. The molecule has 3 heteroatoms. The number of nitrogens with one attached hydrogen (secondary N) is 1. The van der Waals surface area contributed by atoms with Crippen LogP contribution in [0.15, 0.2) is 54.7 Å². The van der Waals surface area contributed by atoms with Crippen LogP contribution in [0.4, 0.5) is 5.69 Å². The average molecular weight is 292 g/mol. The van der Waals surface area contributed by atoms with Gasteiger partial charge < -0.3 is 9.88 Å². The topological polar surface area (TPSA) is 34.0 Å². The van der Waals surface area contributed by atoms with Crippen molar-refractivity contribution < 1.29 is 4.79 Å². The van der Waals surface area contributed by atoms with E-state index >= 15 is 0 Å². The van der Waals surface area contributed by atoms with Gasteiger partial charge >= 0.3 is 0 Å². The molecular formula is C19H20N2O. The molecule has 0 saturated carbocycles. The zero-order valence-corrected chi connectivity index (χ0v) is 13.0. The summed E-state index contributed by atoms with van der Waals surface area (Å²) in [5.74, 6) is 0.0477. The minimum atomic E-state index is 0.0477. The van der Waals surface area contributed by atoms with Crippen LogP contribution in [-0.2, 0) is 11.3 Å². The van der Waals surface area contributed by atoms with Crippen LogP contribution in [0.2, 0.25) is 0 Å². The van der Waals surface area contributed by atoms with Gasteiger partial charge in [0.2, 0.25) is 5.91 Å². The van der Waals surface area contributed by atoms with Gasteiger partial charge in [0.05, 0.1) is 0 Å². The number of amides is 1. The highest BCUT2D eigenvalue weighted by atomic mass is 16.1. The Morgan fingerprint density at radius 1 is 1.05 bits per heavy atom. The monoisotopic (exact) mass is 292 g/mol. The number of aromatic nitrogens is 1. The molecule has 0 spiro atoms. The molecule has 1 heterocycles. The van der Waals surface area contributed by atoms with Crippen molar-refractivity contribution in [3.05, 3.63) is 65.9 Å². The molecule has 22 heavy (non-hydrogen) atoms. The van der Waals surface area contributed by atoms with E-state index in [9.17, 15) is 4.79 Å². The van der Waals surface area contributed by atoms with E-state index in [4.69, 9.17) is 0 Å². The van der Waals surface area contributed by atoms with Gasteiger partial charge in [-0.25, -0.2) is 0 Å². The third-order valence-corrected chi connectivity index (χ3v) is 4.14. The maximum Gasteiger partial charge on any atom is 0.226 e. The van der Waals surface area contributed by atoms with Crippen molar-refractivity contribution in [2.24, 2.45) is 0 Å². The Morgan fingerprint density at radius 3 is 2.73 bits per heavy atom. The van der Waals surface area contributed by atoms with Crippen molar-refractivity contribution in [2.45, 2.75) is 26.8 Å². The van der Waals surface area contributed by atoms with Gasteiger partial charge in [-0.1, -0.05) is 30.3 Å². The minimum Gasteiger partial charge on any atom is -0.347 e. The SMILES string of the molecule is Cc1cccc(NC(=O)CCn2ccc3ccccc32)c1C. The molecule has 2 aromatic carbocycles. The van der Waals surface area contributed by atoms with E-state index in [1.54, 1.807) is 0 Å². The van der Waals surface area contributed by atoms with Crippen LogP contribution in [0.25, 0.3) is 10.9 Å². The van der Waals surface area contributed by atoms with Gasteiger partial charge in [0, 0.05) is 30.4 Å². The third-order valence-electron chi connectivity index (χ3n) is 4.14. The highest BCUT2D eigenvalue weighted by Gasteiger charge is 2.07. The second-order valence-electron chi connectivity index (χ2n) is 5.61. The zero-order chi connectivity index (χ0) is 15.5. The molecule has 1 N–H and O–H groups in total. The van der Waals surface area contributed by atoms with Crippen molar-refractivity contribution in [2.75, 3.05) is 5.32 Å². The lowest BCUT2D eigenvalue weighted by molar-refractivity contribution is -0.116. The summed E-state index contributed by atoms with van der Waals surface area (Å²) in [6.45, 7) is 4.77.